The predicted molar refractivity (Wildman–Crippen MR) is 102 cm³/mol. The zero-order chi connectivity index (χ0) is 17.9. The highest BCUT2D eigenvalue weighted by Gasteiger charge is 2.04. The molecule has 0 aromatic heterocycles. The van der Waals surface area contributed by atoms with Crippen molar-refractivity contribution in [3.8, 4) is 11.5 Å². The van der Waals surface area contributed by atoms with E-state index >= 15 is 0 Å². The standard InChI is InChI=1S/C20H27N3O2/c1-16-10-11-17(19(14-16)24-3)15-23-20(21-2)22-12-7-13-25-18-8-5-4-6-9-18/h4-6,8-11,14H,7,12-13,15H2,1-3H3,(H2,21,22,23). The van der Waals surface area contributed by atoms with Crippen LogP contribution in [-0.2, 0) is 6.54 Å². The number of para-hydroxylation sites is 1. The molecule has 2 aromatic carbocycles. The van der Waals surface area contributed by atoms with Gasteiger partial charge in [0.2, 0.25) is 0 Å². The lowest BCUT2D eigenvalue weighted by molar-refractivity contribution is 0.311. The Morgan fingerprint density at radius 3 is 2.60 bits per heavy atom. The topological polar surface area (TPSA) is 54.9 Å². The van der Waals surface area contributed by atoms with Gasteiger partial charge < -0.3 is 20.1 Å². The number of benzene rings is 2. The molecule has 0 bridgehead atoms. The van der Waals surface area contributed by atoms with E-state index in [0.29, 0.717) is 13.2 Å². The highest BCUT2D eigenvalue weighted by atomic mass is 16.5. The molecular formula is C20H27N3O2. The Balaban J connectivity index is 1.70. The average molecular weight is 341 g/mol. The van der Waals surface area contributed by atoms with Gasteiger partial charge in [0.05, 0.1) is 13.7 Å². The lowest BCUT2D eigenvalue weighted by atomic mass is 10.1. The van der Waals surface area contributed by atoms with Crippen LogP contribution in [0.15, 0.2) is 53.5 Å². The second-order valence-electron chi connectivity index (χ2n) is 5.68. The lowest BCUT2D eigenvalue weighted by Crippen LogP contribution is -2.37. The summed E-state index contributed by atoms with van der Waals surface area (Å²) in [6.07, 6.45) is 0.892. The molecule has 0 aliphatic rings. The van der Waals surface area contributed by atoms with Crippen LogP contribution < -0.4 is 20.1 Å². The summed E-state index contributed by atoms with van der Waals surface area (Å²) in [5.74, 6) is 2.55. The number of hydrogen-bond donors (Lipinski definition) is 2. The Kier molecular flexibility index (Phi) is 7.63. The van der Waals surface area contributed by atoms with Gasteiger partial charge in [0.15, 0.2) is 5.96 Å². The SMILES string of the molecule is CN=C(NCCCOc1ccccc1)NCc1ccc(C)cc1OC. The number of nitrogens with one attached hydrogen (secondary N) is 2. The first-order chi connectivity index (χ1) is 12.2. The van der Waals surface area contributed by atoms with Gasteiger partial charge >= 0.3 is 0 Å². The molecule has 0 saturated carbocycles. The number of hydrogen-bond acceptors (Lipinski definition) is 3. The molecule has 5 nitrogen and oxygen atoms in total. The zero-order valence-electron chi connectivity index (χ0n) is 15.2. The summed E-state index contributed by atoms with van der Waals surface area (Å²) in [6, 6.07) is 16.0. The largest absolute Gasteiger partial charge is 0.496 e. The van der Waals surface area contributed by atoms with Gasteiger partial charge in [0.1, 0.15) is 11.5 Å². The summed E-state index contributed by atoms with van der Waals surface area (Å²) < 4.78 is 11.1. The minimum absolute atomic E-state index is 0.656. The molecule has 134 valence electrons. The zero-order valence-corrected chi connectivity index (χ0v) is 15.2. The van der Waals surface area contributed by atoms with Crippen molar-refractivity contribution in [3.63, 3.8) is 0 Å². The van der Waals surface area contributed by atoms with E-state index in [1.54, 1.807) is 14.2 Å². The highest BCUT2D eigenvalue weighted by Crippen LogP contribution is 2.19. The van der Waals surface area contributed by atoms with Crippen molar-refractivity contribution in [1.82, 2.24) is 10.6 Å². The number of methoxy groups -OCH3 is 1. The summed E-state index contributed by atoms with van der Waals surface area (Å²) in [5, 5.41) is 6.60. The first kappa shape index (κ1) is 18.6. The van der Waals surface area contributed by atoms with Gasteiger partial charge in [-0.05, 0) is 37.1 Å². The van der Waals surface area contributed by atoms with E-state index in [2.05, 4.69) is 34.7 Å². The number of rotatable bonds is 8. The third kappa shape index (κ3) is 6.37. The molecule has 2 N–H and O–H groups in total. The molecule has 0 fully saturated rings. The average Bonchev–Trinajstić information content (AvgIpc) is 2.65. The van der Waals surface area contributed by atoms with Gasteiger partial charge in [-0.25, -0.2) is 0 Å². The molecule has 0 spiro atoms. The van der Waals surface area contributed by atoms with Crippen LogP contribution in [0.25, 0.3) is 0 Å². The molecule has 0 saturated heterocycles. The van der Waals surface area contributed by atoms with E-state index in [0.717, 1.165) is 36.0 Å². The summed E-state index contributed by atoms with van der Waals surface area (Å²) in [6.45, 7) is 4.17. The molecule has 0 radical (unpaired) electrons. The normalized spacial score (nSPS) is 11.1. The van der Waals surface area contributed by atoms with Crippen molar-refractivity contribution in [2.75, 3.05) is 27.3 Å². The Labute approximate surface area is 150 Å². The van der Waals surface area contributed by atoms with Gasteiger partial charge in [-0.1, -0.05) is 30.3 Å². The number of aryl methyl sites for hydroxylation is 1. The Bertz CT molecular complexity index is 672. The first-order valence-corrected chi connectivity index (χ1v) is 8.49. The van der Waals surface area contributed by atoms with Gasteiger partial charge in [-0.2, -0.15) is 0 Å². The second-order valence-corrected chi connectivity index (χ2v) is 5.68. The molecule has 25 heavy (non-hydrogen) atoms. The Morgan fingerprint density at radius 1 is 1.08 bits per heavy atom. The van der Waals surface area contributed by atoms with Crippen LogP contribution in [0, 0.1) is 6.92 Å². The Hall–Kier alpha value is -2.69. The van der Waals surface area contributed by atoms with Gasteiger partial charge in [-0.15, -0.1) is 0 Å². The van der Waals surface area contributed by atoms with E-state index in [9.17, 15) is 0 Å². The van der Waals surface area contributed by atoms with E-state index in [1.807, 2.05) is 36.4 Å². The van der Waals surface area contributed by atoms with E-state index in [4.69, 9.17) is 9.47 Å². The number of guanidine groups is 1. The molecule has 2 aromatic rings. The fourth-order valence-corrected chi connectivity index (χ4v) is 2.38. The summed E-state index contributed by atoms with van der Waals surface area (Å²) in [5.41, 5.74) is 2.28. The van der Waals surface area contributed by atoms with Crippen molar-refractivity contribution in [2.45, 2.75) is 19.9 Å². The van der Waals surface area contributed by atoms with Gasteiger partial charge in [0.25, 0.3) is 0 Å². The Morgan fingerprint density at radius 2 is 1.88 bits per heavy atom. The van der Waals surface area contributed by atoms with Crippen LogP contribution in [0.4, 0.5) is 0 Å². The third-order valence-electron chi connectivity index (χ3n) is 3.74. The number of nitrogens with zero attached hydrogens (tertiary/aromatic N) is 1. The third-order valence-corrected chi connectivity index (χ3v) is 3.74. The van der Waals surface area contributed by atoms with E-state index in [1.165, 1.54) is 5.56 Å². The monoisotopic (exact) mass is 341 g/mol. The smallest absolute Gasteiger partial charge is 0.191 e. The van der Waals surface area contributed by atoms with Crippen molar-refractivity contribution >= 4 is 5.96 Å². The molecule has 0 amide bonds. The summed E-state index contributed by atoms with van der Waals surface area (Å²) in [4.78, 5) is 4.24. The van der Waals surface area contributed by atoms with Gasteiger partial charge in [-0.3, -0.25) is 4.99 Å². The maximum atomic E-state index is 5.68. The van der Waals surface area contributed by atoms with Crippen LogP contribution in [0.3, 0.4) is 0 Å². The quantitative estimate of drug-likeness (QED) is 0.440. The first-order valence-electron chi connectivity index (χ1n) is 8.49. The lowest BCUT2D eigenvalue weighted by Gasteiger charge is -2.14. The number of ether oxygens (including phenoxy) is 2. The van der Waals surface area contributed by atoms with E-state index < -0.39 is 0 Å². The summed E-state index contributed by atoms with van der Waals surface area (Å²) in [7, 11) is 3.46. The second kappa shape index (κ2) is 10.2. The molecular weight excluding hydrogens is 314 g/mol. The maximum absolute atomic E-state index is 5.68. The predicted octanol–water partition coefficient (Wildman–Crippen LogP) is 3.14. The van der Waals surface area contributed by atoms with E-state index in [-0.39, 0.29) is 0 Å². The van der Waals surface area contributed by atoms with Crippen molar-refractivity contribution in [3.05, 3.63) is 59.7 Å². The molecule has 2 rings (SSSR count). The minimum atomic E-state index is 0.656. The highest BCUT2D eigenvalue weighted by molar-refractivity contribution is 5.79. The maximum Gasteiger partial charge on any atom is 0.191 e. The molecule has 0 atom stereocenters. The molecule has 0 aliphatic carbocycles. The number of aliphatic imine (C=N–C) groups is 1. The van der Waals surface area contributed by atoms with Crippen LogP contribution >= 0.6 is 0 Å². The minimum Gasteiger partial charge on any atom is -0.496 e. The fraction of sp³-hybridized carbons (Fsp3) is 0.350. The van der Waals surface area contributed by atoms with Crippen LogP contribution in [0.2, 0.25) is 0 Å². The van der Waals surface area contributed by atoms with Crippen molar-refractivity contribution < 1.29 is 9.47 Å². The van der Waals surface area contributed by atoms with Crippen LogP contribution in [0.5, 0.6) is 11.5 Å². The van der Waals surface area contributed by atoms with Crippen molar-refractivity contribution in [1.29, 1.82) is 0 Å². The van der Waals surface area contributed by atoms with Crippen LogP contribution in [-0.4, -0.2) is 33.3 Å². The molecule has 0 unspecified atom stereocenters. The fourth-order valence-electron chi connectivity index (χ4n) is 2.38. The van der Waals surface area contributed by atoms with Crippen molar-refractivity contribution in [2.24, 2.45) is 4.99 Å². The summed E-state index contributed by atoms with van der Waals surface area (Å²) >= 11 is 0. The molecule has 5 heteroatoms. The van der Waals surface area contributed by atoms with Crippen LogP contribution in [0.1, 0.15) is 17.5 Å². The van der Waals surface area contributed by atoms with Gasteiger partial charge in [0, 0.05) is 25.7 Å². The molecule has 0 aliphatic heterocycles. The molecule has 0 heterocycles.